The molecule has 4 nitrogen and oxygen atoms in total. The van der Waals surface area contributed by atoms with Crippen molar-refractivity contribution in [3.8, 4) is 17.0 Å². The van der Waals surface area contributed by atoms with Crippen molar-refractivity contribution in [3.05, 3.63) is 47.9 Å². The van der Waals surface area contributed by atoms with Gasteiger partial charge in [0.2, 0.25) is 5.88 Å². The third-order valence-electron chi connectivity index (χ3n) is 2.48. The molecule has 0 saturated carbocycles. The average molecular weight is 247 g/mol. The van der Waals surface area contributed by atoms with Crippen LogP contribution in [0, 0.1) is 5.82 Å². The second-order valence-electron chi connectivity index (χ2n) is 3.56. The summed E-state index contributed by atoms with van der Waals surface area (Å²) in [7, 11) is 1.48. The van der Waals surface area contributed by atoms with Crippen LogP contribution in [0.2, 0.25) is 0 Å². The van der Waals surface area contributed by atoms with Crippen molar-refractivity contribution >= 4 is 5.97 Å². The zero-order chi connectivity index (χ0) is 13.1. The SMILES string of the molecule is COc1ccc(-c2cccc(F)c2C(=O)O)cn1. The van der Waals surface area contributed by atoms with Crippen molar-refractivity contribution in [2.45, 2.75) is 0 Å². The first-order valence-corrected chi connectivity index (χ1v) is 5.15. The molecule has 0 aliphatic heterocycles. The standard InChI is InChI=1S/C13H10FNO3/c1-18-11-6-5-8(7-15-11)9-3-2-4-10(14)12(9)13(16)17/h2-7H,1H3,(H,16,17). The lowest BCUT2D eigenvalue weighted by molar-refractivity contribution is 0.0693. The van der Waals surface area contributed by atoms with Crippen LogP contribution < -0.4 is 4.74 Å². The van der Waals surface area contributed by atoms with Gasteiger partial charge >= 0.3 is 5.97 Å². The Kier molecular flexibility index (Phi) is 3.23. The number of halogens is 1. The molecule has 2 rings (SSSR count). The van der Waals surface area contributed by atoms with Crippen molar-refractivity contribution < 1.29 is 19.0 Å². The molecule has 0 saturated heterocycles. The molecular weight excluding hydrogens is 237 g/mol. The van der Waals surface area contributed by atoms with E-state index in [0.717, 1.165) is 6.07 Å². The number of carboxylic acids is 1. The third kappa shape index (κ3) is 2.15. The highest BCUT2D eigenvalue weighted by atomic mass is 19.1. The highest BCUT2D eigenvalue weighted by molar-refractivity contribution is 5.96. The topological polar surface area (TPSA) is 59.4 Å². The Morgan fingerprint density at radius 1 is 1.33 bits per heavy atom. The van der Waals surface area contributed by atoms with Crippen molar-refractivity contribution in [3.63, 3.8) is 0 Å². The maximum atomic E-state index is 13.5. The van der Waals surface area contributed by atoms with E-state index in [-0.39, 0.29) is 11.1 Å². The van der Waals surface area contributed by atoms with Gasteiger partial charge in [-0.25, -0.2) is 14.2 Å². The van der Waals surface area contributed by atoms with E-state index in [2.05, 4.69) is 4.98 Å². The fraction of sp³-hybridized carbons (Fsp3) is 0.0769. The van der Waals surface area contributed by atoms with E-state index >= 15 is 0 Å². The first-order chi connectivity index (χ1) is 8.63. The number of carboxylic acid groups (broad SMARTS) is 1. The van der Waals surface area contributed by atoms with E-state index in [1.807, 2.05) is 0 Å². The summed E-state index contributed by atoms with van der Waals surface area (Å²) >= 11 is 0. The van der Waals surface area contributed by atoms with Gasteiger partial charge in [-0.2, -0.15) is 0 Å². The van der Waals surface area contributed by atoms with Gasteiger partial charge in [-0.05, 0) is 12.1 Å². The van der Waals surface area contributed by atoms with Crippen LogP contribution in [0.5, 0.6) is 5.88 Å². The number of hydrogen-bond donors (Lipinski definition) is 1. The molecule has 92 valence electrons. The molecule has 0 bridgehead atoms. The quantitative estimate of drug-likeness (QED) is 0.905. The van der Waals surface area contributed by atoms with Crippen molar-refractivity contribution in [1.82, 2.24) is 4.98 Å². The van der Waals surface area contributed by atoms with Gasteiger partial charge in [-0.1, -0.05) is 12.1 Å². The van der Waals surface area contributed by atoms with Gasteiger partial charge in [0.05, 0.1) is 7.11 Å². The van der Waals surface area contributed by atoms with Gasteiger partial charge in [0.25, 0.3) is 0 Å². The second-order valence-corrected chi connectivity index (χ2v) is 3.56. The van der Waals surface area contributed by atoms with Crippen LogP contribution in [-0.2, 0) is 0 Å². The molecule has 1 heterocycles. The third-order valence-corrected chi connectivity index (χ3v) is 2.48. The minimum Gasteiger partial charge on any atom is -0.481 e. The first kappa shape index (κ1) is 12.0. The molecule has 0 fully saturated rings. The zero-order valence-electron chi connectivity index (χ0n) is 9.55. The van der Waals surface area contributed by atoms with Crippen LogP contribution >= 0.6 is 0 Å². The van der Waals surface area contributed by atoms with E-state index in [1.165, 1.54) is 25.4 Å². The van der Waals surface area contributed by atoms with Crippen LogP contribution in [0.15, 0.2) is 36.5 Å². The summed E-state index contributed by atoms with van der Waals surface area (Å²) in [4.78, 5) is 15.0. The Morgan fingerprint density at radius 2 is 2.11 bits per heavy atom. The molecule has 0 aliphatic carbocycles. The predicted molar refractivity (Wildman–Crippen MR) is 63.1 cm³/mol. The van der Waals surface area contributed by atoms with Crippen LogP contribution in [0.3, 0.4) is 0 Å². The van der Waals surface area contributed by atoms with Crippen LogP contribution in [-0.4, -0.2) is 23.2 Å². The van der Waals surface area contributed by atoms with E-state index < -0.39 is 11.8 Å². The molecule has 0 spiro atoms. The van der Waals surface area contributed by atoms with E-state index in [0.29, 0.717) is 11.4 Å². The van der Waals surface area contributed by atoms with Gasteiger partial charge in [-0.15, -0.1) is 0 Å². The Hall–Kier alpha value is -2.43. The minimum atomic E-state index is -1.31. The number of benzene rings is 1. The lowest BCUT2D eigenvalue weighted by atomic mass is 10.0. The van der Waals surface area contributed by atoms with Gasteiger partial charge in [0.1, 0.15) is 11.4 Å². The zero-order valence-corrected chi connectivity index (χ0v) is 9.55. The maximum absolute atomic E-state index is 13.5. The van der Waals surface area contributed by atoms with E-state index in [1.54, 1.807) is 12.1 Å². The van der Waals surface area contributed by atoms with E-state index in [9.17, 15) is 9.18 Å². The van der Waals surface area contributed by atoms with Crippen LogP contribution in [0.1, 0.15) is 10.4 Å². The highest BCUT2D eigenvalue weighted by Crippen LogP contribution is 2.26. The van der Waals surface area contributed by atoms with Crippen molar-refractivity contribution in [2.75, 3.05) is 7.11 Å². The molecule has 18 heavy (non-hydrogen) atoms. The number of rotatable bonds is 3. The van der Waals surface area contributed by atoms with Crippen molar-refractivity contribution in [2.24, 2.45) is 0 Å². The molecule has 1 aromatic heterocycles. The number of ether oxygens (including phenoxy) is 1. The number of methoxy groups -OCH3 is 1. The molecule has 0 unspecified atom stereocenters. The fourth-order valence-corrected chi connectivity index (χ4v) is 1.64. The van der Waals surface area contributed by atoms with Crippen LogP contribution in [0.4, 0.5) is 4.39 Å². The fourth-order valence-electron chi connectivity index (χ4n) is 1.64. The summed E-state index contributed by atoms with van der Waals surface area (Å²) in [5.41, 5.74) is 0.454. The summed E-state index contributed by atoms with van der Waals surface area (Å²) in [6.45, 7) is 0. The minimum absolute atomic E-state index is 0.289. The number of carbonyl (C=O) groups is 1. The Bertz CT molecular complexity index is 581. The molecule has 0 amide bonds. The molecular formula is C13H10FNO3. The molecule has 1 N–H and O–H groups in total. The number of hydrogen-bond acceptors (Lipinski definition) is 3. The number of aromatic nitrogens is 1. The molecule has 0 radical (unpaired) electrons. The summed E-state index contributed by atoms with van der Waals surface area (Å²) in [5.74, 6) is -1.67. The molecule has 0 atom stereocenters. The summed E-state index contributed by atoms with van der Waals surface area (Å²) in [6, 6.07) is 7.33. The maximum Gasteiger partial charge on any atom is 0.339 e. The predicted octanol–water partition coefficient (Wildman–Crippen LogP) is 2.59. The highest BCUT2D eigenvalue weighted by Gasteiger charge is 2.16. The number of pyridine rings is 1. The van der Waals surface area contributed by atoms with Crippen LogP contribution in [0.25, 0.3) is 11.1 Å². The van der Waals surface area contributed by atoms with Gasteiger partial charge in [0, 0.05) is 23.4 Å². The molecule has 0 aliphatic rings. The smallest absolute Gasteiger partial charge is 0.339 e. The largest absolute Gasteiger partial charge is 0.481 e. The van der Waals surface area contributed by atoms with Gasteiger partial charge < -0.3 is 9.84 Å². The van der Waals surface area contributed by atoms with Gasteiger partial charge in [0.15, 0.2) is 0 Å². The summed E-state index contributed by atoms with van der Waals surface area (Å²) in [6.07, 6.45) is 1.44. The second kappa shape index (κ2) is 4.83. The van der Waals surface area contributed by atoms with Gasteiger partial charge in [-0.3, -0.25) is 0 Å². The Balaban J connectivity index is 2.56. The molecule has 1 aromatic carbocycles. The average Bonchev–Trinajstić information content (AvgIpc) is 2.38. The summed E-state index contributed by atoms with van der Waals surface area (Å²) < 4.78 is 18.4. The first-order valence-electron chi connectivity index (χ1n) is 5.15. The number of aromatic carboxylic acids is 1. The van der Waals surface area contributed by atoms with Crippen molar-refractivity contribution in [1.29, 1.82) is 0 Å². The Morgan fingerprint density at radius 3 is 2.67 bits per heavy atom. The lowest BCUT2D eigenvalue weighted by Gasteiger charge is -2.07. The Labute approximate surface area is 103 Å². The lowest BCUT2D eigenvalue weighted by Crippen LogP contribution is -2.03. The molecule has 5 heteroatoms. The summed E-state index contributed by atoms with van der Waals surface area (Å²) in [5, 5.41) is 9.02. The monoisotopic (exact) mass is 247 g/mol. The normalized spacial score (nSPS) is 10.1. The van der Waals surface area contributed by atoms with E-state index in [4.69, 9.17) is 9.84 Å². The molecule has 2 aromatic rings. The number of nitrogens with zero attached hydrogens (tertiary/aromatic N) is 1.